The van der Waals surface area contributed by atoms with Gasteiger partial charge in [-0.3, -0.25) is 19.8 Å². The highest BCUT2D eigenvalue weighted by Crippen LogP contribution is 2.65. The van der Waals surface area contributed by atoms with Crippen molar-refractivity contribution in [2.24, 2.45) is 51.8 Å². The number of hydrogen-bond acceptors (Lipinski definition) is 9. The third-order valence-corrected chi connectivity index (χ3v) is 19.3. The Bertz CT molecular complexity index is 2410. The van der Waals surface area contributed by atoms with Crippen molar-refractivity contribution in [3.8, 4) is 5.75 Å². The number of rotatable bonds is 9. The molecule has 9 aliphatic rings. The van der Waals surface area contributed by atoms with Crippen molar-refractivity contribution >= 4 is 21.8 Å². The molecule has 9 fully saturated rings. The quantitative estimate of drug-likeness (QED) is 0.122. The van der Waals surface area contributed by atoms with Gasteiger partial charge in [-0.2, -0.15) is 0 Å². The van der Waals surface area contributed by atoms with Crippen molar-refractivity contribution in [1.29, 1.82) is 0 Å². The number of fused-ring (bicyclic) bond motifs is 10. The Morgan fingerprint density at radius 1 is 0.826 bits per heavy atom. The first-order valence-corrected chi connectivity index (χ1v) is 26.4. The lowest BCUT2D eigenvalue weighted by atomic mass is 9.65. The van der Waals surface area contributed by atoms with Gasteiger partial charge in [0.15, 0.2) is 0 Å². The van der Waals surface area contributed by atoms with Crippen molar-refractivity contribution in [2.75, 3.05) is 39.9 Å². The van der Waals surface area contributed by atoms with Gasteiger partial charge in [0, 0.05) is 60.4 Å². The van der Waals surface area contributed by atoms with Crippen molar-refractivity contribution in [1.82, 2.24) is 19.8 Å². The van der Waals surface area contributed by atoms with E-state index in [2.05, 4.69) is 92.3 Å². The molecule has 4 N–H and O–H groups in total. The predicted molar refractivity (Wildman–Crippen MR) is 281 cm³/mol. The lowest BCUT2D eigenvalue weighted by Crippen LogP contribution is -2.58. The highest BCUT2D eigenvalue weighted by Gasteiger charge is 2.60. The summed E-state index contributed by atoms with van der Waals surface area (Å²) >= 11 is 0. The van der Waals surface area contributed by atoms with Gasteiger partial charge in [0.2, 0.25) is 0 Å². The van der Waals surface area contributed by atoms with E-state index < -0.39 is 12.2 Å². The second-order valence-corrected chi connectivity index (χ2v) is 23.3. The molecule has 2 aromatic heterocycles. The molecule has 0 radical (unpaired) electrons. The minimum atomic E-state index is -0.504. The maximum atomic E-state index is 11.2. The highest BCUT2D eigenvalue weighted by molar-refractivity contribution is 5.84. The van der Waals surface area contributed by atoms with Crippen LogP contribution in [0.2, 0.25) is 0 Å². The zero-order chi connectivity index (χ0) is 49.3. The van der Waals surface area contributed by atoms with E-state index in [0.29, 0.717) is 47.0 Å². The number of hydrogen-bond donors (Lipinski definition) is 4. The number of nitrogens with zero attached hydrogens (tertiary/aromatic N) is 4. The highest BCUT2D eigenvalue weighted by atomic mass is 16.5. The Hall–Kier alpha value is -3.96. The third kappa shape index (κ3) is 10.4. The van der Waals surface area contributed by atoms with Crippen LogP contribution in [-0.2, 0) is 0 Å². The molecule has 3 saturated carbocycles. The van der Waals surface area contributed by atoms with Crippen LogP contribution in [0.5, 0.6) is 5.75 Å². The van der Waals surface area contributed by atoms with Gasteiger partial charge in [-0.1, -0.05) is 70.2 Å². The third-order valence-electron chi connectivity index (χ3n) is 19.3. The lowest BCUT2D eigenvalue weighted by molar-refractivity contribution is -0.0759. The van der Waals surface area contributed by atoms with E-state index in [1.54, 1.807) is 13.3 Å². The van der Waals surface area contributed by atoms with Gasteiger partial charge < -0.3 is 25.2 Å². The predicted octanol–water partition coefficient (Wildman–Crippen LogP) is 11.3. The van der Waals surface area contributed by atoms with Crippen LogP contribution in [0.3, 0.4) is 0 Å². The number of aliphatic hydroxyl groups is 4. The Balaban J connectivity index is 0.000000132. The monoisotopic (exact) mass is 941 g/mol. The number of pyridine rings is 2. The Kier molecular flexibility index (Phi) is 15.9. The number of methoxy groups -OCH3 is 1. The Morgan fingerprint density at radius 3 is 2.00 bits per heavy atom. The summed E-state index contributed by atoms with van der Waals surface area (Å²) in [4.78, 5) is 13.7. The number of aromatic nitrogens is 2. The average Bonchev–Trinajstić information content (AvgIpc) is 3.71. The van der Waals surface area contributed by atoms with Crippen LogP contribution in [-0.4, -0.2) is 98.3 Å². The minimum Gasteiger partial charge on any atom is -0.497 e. The summed E-state index contributed by atoms with van der Waals surface area (Å²) in [5.74, 6) is 4.51. The maximum Gasteiger partial charge on any atom is 0.119 e. The first kappa shape index (κ1) is 51.4. The fourth-order valence-corrected chi connectivity index (χ4v) is 14.1. The number of para-hydroxylation sites is 1. The zero-order valence-electron chi connectivity index (χ0n) is 42.8. The molecule has 8 heterocycles. The van der Waals surface area contributed by atoms with Crippen molar-refractivity contribution in [2.45, 2.75) is 136 Å². The van der Waals surface area contributed by atoms with Gasteiger partial charge in [-0.15, -0.1) is 13.2 Å². The Morgan fingerprint density at radius 2 is 1.48 bits per heavy atom. The summed E-state index contributed by atoms with van der Waals surface area (Å²) in [6, 6.07) is 18.2. The van der Waals surface area contributed by atoms with Crippen LogP contribution in [0.1, 0.15) is 129 Å². The first-order valence-electron chi connectivity index (χ1n) is 26.4. The molecule has 0 amide bonds. The first-order chi connectivity index (χ1) is 33.0. The summed E-state index contributed by atoms with van der Waals surface area (Å²) in [6.07, 6.45) is 19.8. The second-order valence-electron chi connectivity index (χ2n) is 23.3. The standard InChI is InChI=1S/C20H24N2O2.C20H24N2O.2C10H18O/c1-3-13-12-22-9-7-14(13)10-19(22)20(23)16-6-8-21-18-5-4-15(24-2)11-17(16)18;1-3-20(2)13-22-11-9-14(20)12-18(22)19(23)16-8-10-21-17-7-5-4-6-15(16)17;1-9(2)7-4-5-10(9,3)6-8(7)11;1-8(2)10-5-3-9(7-11)4-6-10/h3-6,8,11,13-14,19-20,23H,1,7,9-10,12H2,2H3;3-8,10,14,18-19,23H,1,9,11-13H2,2H3;7-8,11H,4-6H2,1-3H3;9-11H,1,3-7H2,2H3/t13-,14-,19-,20+;14?,18?,19-,20-;7-,8-,10+;/m011./s1. The molecule has 3 aliphatic carbocycles. The van der Waals surface area contributed by atoms with Crippen molar-refractivity contribution in [3.63, 3.8) is 0 Å². The van der Waals surface area contributed by atoms with Gasteiger partial charge in [0.25, 0.3) is 0 Å². The molecule has 4 aromatic rings. The second kappa shape index (κ2) is 21.4. The van der Waals surface area contributed by atoms with Crippen LogP contribution in [0, 0.1) is 51.8 Å². The van der Waals surface area contributed by atoms with Crippen LogP contribution >= 0.6 is 0 Å². The zero-order valence-corrected chi connectivity index (χ0v) is 42.8. The molecule has 13 rings (SSSR count). The van der Waals surface area contributed by atoms with E-state index in [-0.39, 0.29) is 23.6 Å². The molecule has 4 unspecified atom stereocenters. The van der Waals surface area contributed by atoms with E-state index in [0.717, 1.165) is 90.0 Å². The van der Waals surface area contributed by atoms with Gasteiger partial charge >= 0.3 is 0 Å². The number of aliphatic hydroxyl groups excluding tert-OH is 4. The van der Waals surface area contributed by atoms with Crippen molar-refractivity contribution in [3.05, 3.63) is 116 Å². The smallest absolute Gasteiger partial charge is 0.119 e. The molecule has 9 nitrogen and oxygen atoms in total. The number of benzene rings is 2. The number of ether oxygens (including phenoxy) is 1. The van der Waals surface area contributed by atoms with E-state index >= 15 is 0 Å². The van der Waals surface area contributed by atoms with E-state index in [4.69, 9.17) is 9.84 Å². The molecule has 13 atom stereocenters. The van der Waals surface area contributed by atoms with Crippen LogP contribution < -0.4 is 4.74 Å². The lowest BCUT2D eigenvalue weighted by Gasteiger charge is -2.55. The van der Waals surface area contributed by atoms with Crippen LogP contribution in [0.25, 0.3) is 21.8 Å². The fourth-order valence-electron chi connectivity index (χ4n) is 14.1. The average molecular weight is 941 g/mol. The molecule has 0 spiro atoms. The topological polar surface area (TPSA) is 122 Å². The van der Waals surface area contributed by atoms with Crippen LogP contribution in [0.15, 0.2) is 104 Å². The fraction of sp³-hybridized carbons (Fsp3) is 0.600. The number of allylic oxidation sites excluding steroid dienone is 1. The molecular formula is C60H84N4O5. The molecule has 6 aliphatic heterocycles. The van der Waals surface area contributed by atoms with Gasteiger partial charge in [-0.05, 0) is 185 Å². The summed E-state index contributed by atoms with van der Waals surface area (Å²) in [6.45, 7) is 27.9. The molecular weight excluding hydrogens is 857 g/mol. The number of piperidine rings is 6. The largest absolute Gasteiger partial charge is 0.497 e. The van der Waals surface area contributed by atoms with E-state index in [9.17, 15) is 15.3 Å². The molecule has 374 valence electrons. The summed E-state index contributed by atoms with van der Waals surface area (Å²) in [5.41, 5.74) is 6.13. The Labute approximate surface area is 413 Å². The van der Waals surface area contributed by atoms with Gasteiger partial charge in [0.1, 0.15) is 5.75 Å². The van der Waals surface area contributed by atoms with Gasteiger partial charge in [0.05, 0.1) is 36.5 Å². The molecule has 69 heavy (non-hydrogen) atoms. The van der Waals surface area contributed by atoms with E-state index in [1.165, 1.54) is 56.9 Å². The summed E-state index contributed by atoms with van der Waals surface area (Å²) < 4.78 is 5.35. The minimum absolute atomic E-state index is 0.0104. The van der Waals surface area contributed by atoms with Crippen LogP contribution in [0.4, 0.5) is 0 Å². The summed E-state index contributed by atoms with van der Waals surface area (Å²) in [5, 5.41) is 42.9. The molecule has 6 saturated heterocycles. The molecule has 9 heteroatoms. The van der Waals surface area contributed by atoms with Gasteiger partial charge in [-0.25, -0.2) is 0 Å². The maximum absolute atomic E-state index is 11.2. The SMILES string of the molecule is C=C(C)C1CCC(CO)CC1.C=C[C@H]1CN2CC[C@H]1C[C@H]2[C@H](O)c1ccnc2ccc(OC)cc12.C=C[C@]1(C)CN2CCC1CC2[C@H](O)c1ccnc2ccccc12.CC1(C)[C@@H]2CC[C@@]1(C)C[C@H]2O. The molecule has 2 aromatic carbocycles. The summed E-state index contributed by atoms with van der Waals surface area (Å²) in [7, 11) is 1.66. The normalized spacial score (nSPS) is 35.6. The van der Waals surface area contributed by atoms with Crippen molar-refractivity contribution < 1.29 is 25.2 Å². The molecule has 6 bridgehead atoms. The van der Waals surface area contributed by atoms with E-state index in [1.807, 2.05) is 54.7 Å².